The number of rotatable bonds is 2. The molecule has 2 N–H and O–H groups in total. The van der Waals surface area contributed by atoms with E-state index in [1.54, 1.807) is 0 Å². The lowest BCUT2D eigenvalue weighted by molar-refractivity contribution is -0.274. The molecule has 0 heterocycles. The molecule has 0 aliphatic heterocycles. The highest BCUT2D eigenvalue weighted by Gasteiger charge is 2.32. The number of benzene rings is 1. The SMILES string of the molecule is Nc1ccc(OC(F)(F)F)c(CBr)c1Cl. The van der Waals surface area contributed by atoms with Gasteiger partial charge in [-0.15, -0.1) is 13.2 Å². The molecular formula is C8H6BrClF3NO. The summed E-state index contributed by atoms with van der Waals surface area (Å²) in [6.07, 6.45) is -4.74. The predicted octanol–water partition coefficient (Wildman–Crippen LogP) is 3.72. The van der Waals surface area contributed by atoms with E-state index in [0.29, 0.717) is 0 Å². The Morgan fingerprint density at radius 1 is 1.40 bits per heavy atom. The van der Waals surface area contributed by atoms with Gasteiger partial charge in [0.05, 0.1) is 10.7 Å². The standard InChI is InChI=1S/C8H6BrClF3NO/c9-3-4-6(15-8(11,12)13)2-1-5(14)7(4)10/h1-2H,3,14H2. The number of ether oxygens (including phenoxy) is 1. The largest absolute Gasteiger partial charge is 0.573 e. The first-order valence-corrected chi connectivity index (χ1v) is 5.23. The lowest BCUT2D eigenvalue weighted by Crippen LogP contribution is -2.18. The monoisotopic (exact) mass is 303 g/mol. The maximum Gasteiger partial charge on any atom is 0.573 e. The molecule has 7 heteroatoms. The number of hydrogen-bond donors (Lipinski definition) is 1. The van der Waals surface area contributed by atoms with Crippen LogP contribution in [0.25, 0.3) is 0 Å². The summed E-state index contributed by atoms with van der Waals surface area (Å²) in [5, 5.41) is 0.191. The van der Waals surface area contributed by atoms with E-state index >= 15 is 0 Å². The highest BCUT2D eigenvalue weighted by Crippen LogP contribution is 2.35. The maximum absolute atomic E-state index is 12.0. The minimum Gasteiger partial charge on any atom is -0.405 e. The molecule has 0 saturated carbocycles. The molecule has 15 heavy (non-hydrogen) atoms. The Labute approximate surface area is 97.3 Å². The van der Waals surface area contributed by atoms with Crippen LogP contribution >= 0.6 is 27.5 Å². The van der Waals surface area contributed by atoms with Crippen molar-refractivity contribution < 1.29 is 17.9 Å². The summed E-state index contributed by atoms with van der Waals surface area (Å²) >= 11 is 8.74. The number of nitrogens with two attached hydrogens (primary N) is 1. The van der Waals surface area contributed by atoms with E-state index < -0.39 is 6.36 Å². The first-order valence-electron chi connectivity index (χ1n) is 3.73. The van der Waals surface area contributed by atoms with Crippen LogP contribution in [-0.4, -0.2) is 6.36 Å². The number of nitrogen functional groups attached to an aromatic ring is 1. The molecule has 0 amide bonds. The summed E-state index contributed by atoms with van der Waals surface area (Å²) in [7, 11) is 0. The minimum absolute atomic E-state index is 0.0635. The Hall–Kier alpha value is -0.620. The second kappa shape index (κ2) is 4.49. The van der Waals surface area contributed by atoms with Crippen molar-refractivity contribution >= 4 is 33.2 Å². The molecular weight excluding hydrogens is 298 g/mol. The van der Waals surface area contributed by atoms with E-state index in [9.17, 15) is 13.2 Å². The lowest BCUT2D eigenvalue weighted by Gasteiger charge is -2.14. The van der Waals surface area contributed by atoms with Crippen molar-refractivity contribution in [3.8, 4) is 5.75 Å². The van der Waals surface area contributed by atoms with Crippen LogP contribution < -0.4 is 10.5 Å². The second-order valence-corrected chi connectivity index (χ2v) is 3.57. The van der Waals surface area contributed by atoms with Crippen LogP contribution in [0.4, 0.5) is 18.9 Å². The fourth-order valence-electron chi connectivity index (χ4n) is 0.966. The molecule has 0 radical (unpaired) electrons. The molecule has 0 aliphatic carbocycles. The van der Waals surface area contributed by atoms with Crippen LogP contribution in [0.1, 0.15) is 5.56 Å². The normalized spacial score (nSPS) is 11.5. The predicted molar refractivity (Wildman–Crippen MR) is 55.2 cm³/mol. The van der Waals surface area contributed by atoms with E-state index in [0.717, 1.165) is 6.07 Å². The van der Waals surface area contributed by atoms with Crippen LogP contribution in [0, 0.1) is 0 Å². The molecule has 1 rings (SSSR count). The molecule has 0 unspecified atom stereocenters. The molecule has 0 spiro atoms. The van der Waals surface area contributed by atoms with Gasteiger partial charge >= 0.3 is 6.36 Å². The van der Waals surface area contributed by atoms with Crippen LogP contribution in [-0.2, 0) is 5.33 Å². The minimum atomic E-state index is -4.74. The number of hydrogen-bond acceptors (Lipinski definition) is 2. The van der Waals surface area contributed by atoms with Crippen molar-refractivity contribution in [3.63, 3.8) is 0 Å². The Morgan fingerprint density at radius 3 is 2.47 bits per heavy atom. The van der Waals surface area contributed by atoms with Gasteiger partial charge < -0.3 is 10.5 Å². The van der Waals surface area contributed by atoms with Crippen molar-refractivity contribution in [2.24, 2.45) is 0 Å². The van der Waals surface area contributed by atoms with Gasteiger partial charge in [0.25, 0.3) is 0 Å². The average Bonchev–Trinajstić information content (AvgIpc) is 2.10. The Bertz CT molecular complexity index is 370. The van der Waals surface area contributed by atoms with Gasteiger partial charge in [0.2, 0.25) is 0 Å². The summed E-state index contributed by atoms with van der Waals surface area (Å²) in [6, 6.07) is 2.39. The first-order chi connectivity index (χ1) is 6.85. The summed E-state index contributed by atoms with van der Waals surface area (Å²) in [5.41, 5.74) is 5.82. The average molecular weight is 304 g/mol. The van der Waals surface area contributed by atoms with Crippen molar-refractivity contribution in [1.29, 1.82) is 0 Å². The van der Waals surface area contributed by atoms with Crippen molar-refractivity contribution in [2.75, 3.05) is 5.73 Å². The topological polar surface area (TPSA) is 35.2 Å². The molecule has 0 bridgehead atoms. The molecule has 0 aliphatic rings. The zero-order chi connectivity index (χ0) is 11.6. The third kappa shape index (κ3) is 3.17. The van der Waals surface area contributed by atoms with Crippen molar-refractivity contribution in [1.82, 2.24) is 0 Å². The van der Waals surface area contributed by atoms with E-state index in [1.807, 2.05) is 0 Å². The van der Waals surface area contributed by atoms with Gasteiger partial charge in [-0.2, -0.15) is 0 Å². The number of anilines is 1. The molecule has 0 fully saturated rings. The van der Waals surface area contributed by atoms with Gasteiger partial charge in [-0.1, -0.05) is 27.5 Å². The Kier molecular flexibility index (Phi) is 3.72. The molecule has 2 nitrogen and oxygen atoms in total. The lowest BCUT2D eigenvalue weighted by atomic mass is 10.2. The molecule has 84 valence electrons. The Balaban J connectivity index is 3.14. The van der Waals surface area contributed by atoms with E-state index in [2.05, 4.69) is 20.7 Å². The van der Waals surface area contributed by atoms with Gasteiger partial charge in [-0.05, 0) is 12.1 Å². The number of alkyl halides is 4. The molecule has 0 saturated heterocycles. The summed E-state index contributed by atoms with van der Waals surface area (Å²) in [4.78, 5) is 0. The van der Waals surface area contributed by atoms with Crippen molar-refractivity contribution in [3.05, 3.63) is 22.7 Å². The summed E-state index contributed by atoms with van der Waals surface area (Å²) in [6.45, 7) is 0. The zero-order valence-corrected chi connectivity index (χ0v) is 9.58. The van der Waals surface area contributed by atoms with Crippen LogP contribution in [0.15, 0.2) is 12.1 Å². The summed E-state index contributed by atoms with van der Waals surface area (Å²) in [5.74, 6) is -0.349. The van der Waals surface area contributed by atoms with Crippen LogP contribution in [0.2, 0.25) is 5.02 Å². The van der Waals surface area contributed by atoms with Gasteiger partial charge in [-0.3, -0.25) is 0 Å². The Morgan fingerprint density at radius 2 is 2.00 bits per heavy atom. The van der Waals surface area contributed by atoms with Gasteiger partial charge in [0.15, 0.2) is 0 Å². The fourth-order valence-corrected chi connectivity index (χ4v) is 1.91. The van der Waals surface area contributed by atoms with Crippen LogP contribution in [0.3, 0.4) is 0 Å². The highest BCUT2D eigenvalue weighted by molar-refractivity contribution is 9.08. The third-order valence-electron chi connectivity index (χ3n) is 1.59. The van der Waals surface area contributed by atoms with Gasteiger partial charge in [0.1, 0.15) is 5.75 Å². The zero-order valence-electron chi connectivity index (χ0n) is 7.24. The summed E-state index contributed by atoms with van der Waals surface area (Å²) < 4.78 is 39.7. The van der Waals surface area contributed by atoms with E-state index in [1.165, 1.54) is 6.07 Å². The second-order valence-electron chi connectivity index (χ2n) is 2.63. The quantitative estimate of drug-likeness (QED) is 0.667. The molecule has 1 aromatic rings. The third-order valence-corrected chi connectivity index (χ3v) is 2.60. The highest BCUT2D eigenvalue weighted by atomic mass is 79.9. The fraction of sp³-hybridized carbons (Fsp3) is 0.250. The first kappa shape index (κ1) is 12.4. The van der Waals surface area contributed by atoms with E-state index in [-0.39, 0.29) is 27.4 Å². The van der Waals surface area contributed by atoms with Crippen LogP contribution in [0.5, 0.6) is 5.75 Å². The molecule has 1 aromatic carbocycles. The maximum atomic E-state index is 12.0. The number of halogens is 5. The molecule has 0 aromatic heterocycles. The molecule has 0 atom stereocenters. The van der Waals surface area contributed by atoms with Gasteiger partial charge in [-0.25, -0.2) is 0 Å². The van der Waals surface area contributed by atoms with E-state index in [4.69, 9.17) is 17.3 Å². The van der Waals surface area contributed by atoms with Gasteiger partial charge in [0, 0.05) is 10.9 Å². The van der Waals surface area contributed by atoms with Crippen molar-refractivity contribution in [2.45, 2.75) is 11.7 Å². The smallest absolute Gasteiger partial charge is 0.405 e.